The first-order valence-corrected chi connectivity index (χ1v) is 7.20. The fraction of sp³-hybridized carbons (Fsp3) is 0.400. The van der Waals surface area contributed by atoms with E-state index in [0.29, 0.717) is 23.9 Å². The molecule has 1 unspecified atom stereocenters. The van der Waals surface area contributed by atoms with Crippen molar-refractivity contribution in [1.29, 1.82) is 0 Å². The molecular formula is C15H19ClN2O3. The summed E-state index contributed by atoms with van der Waals surface area (Å²) in [7, 11) is 0. The molecule has 2 rings (SSSR count). The monoisotopic (exact) mass is 310 g/mol. The summed E-state index contributed by atoms with van der Waals surface area (Å²) in [6, 6.07) is 7.24. The van der Waals surface area contributed by atoms with Crippen molar-refractivity contribution in [3.05, 3.63) is 35.5 Å². The topological polar surface area (TPSA) is 65.8 Å². The SMILES string of the molecule is CC(Oc1ccnc2cc(Cl)ccc12)N(CCO)CCO. The summed E-state index contributed by atoms with van der Waals surface area (Å²) < 4.78 is 5.96. The predicted octanol–water partition coefficient (Wildman–Crippen LogP) is 1.90. The van der Waals surface area contributed by atoms with Gasteiger partial charge in [0.05, 0.1) is 18.7 Å². The van der Waals surface area contributed by atoms with E-state index in [2.05, 4.69) is 4.98 Å². The first kappa shape index (κ1) is 16.0. The lowest BCUT2D eigenvalue weighted by atomic mass is 10.2. The van der Waals surface area contributed by atoms with Crippen molar-refractivity contribution >= 4 is 22.5 Å². The van der Waals surface area contributed by atoms with Crippen molar-refractivity contribution in [2.24, 2.45) is 0 Å². The Bertz CT molecular complexity index is 588. The highest BCUT2D eigenvalue weighted by molar-refractivity contribution is 6.31. The molecule has 0 spiro atoms. The van der Waals surface area contributed by atoms with Crippen LogP contribution in [0.25, 0.3) is 10.9 Å². The van der Waals surface area contributed by atoms with Gasteiger partial charge in [-0.25, -0.2) is 0 Å². The van der Waals surface area contributed by atoms with E-state index < -0.39 is 0 Å². The fourth-order valence-corrected chi connectivity index (χ4v) is 2.35. The van der Waals surface area contributed by atoms with Gasteiger partial charge in [-0.3, -0.25) is 9.88 Å². The highest BCUT2D eigenvalue weighted by atomic mass is 35.5. The normalized spacial score (nSPS) is 12.8. The molecule has 1 aromatic carbocycles. The minimum absolute atomic E-state index is 0.0143. The van der Waals surface area contributed by atoms with Crippen LogP contribution in [0.2, 0.25) is 5.02 Å². The van der Waals surface area contributed by atoms with E-state index in [9.17, 15) is 0 Å². The van der Waals surface area contributed by atoms with Crippen LogP contribution in [0.4, 0.5) is 0 Å². The Morgan fingerprint density at radius 2 is 1.95 bits per heavy atom. The molecule has 2 aromatic rings. The minimum Gasteiger partial charge on any atom is -0.475 e. The second kappa shape index (κ2) is 7.56. The van der Waals surface area contributed by atoms with Crippen LogP contribution in [0, 0.1) is 0 Å². The van der Waals surface area contributed by atoms with E-state index in [0.717, 1.165) is 10.9 Å². The average Bonchev–Trinajstić information content (AvgIpc) is 2.47. The molecule has 0 fully saturated rings. The van der Waals surface area contributed by atoms with Crippen LogP contribution < -0.4 is 4.74 Å². The van der Waals surface area contributed by atoms with E-state index in [4.69, 9.17) is 26.6 Å². The number of fused-ring (bicyclic) bond motifs is 1. The van der Waals surface area contributed by atoms with Gasteiger partial charge in [-0.2, -0.15) is 0 Å². The maximum atomic E-state index is 9.08. The minimum atomic E-state index is -0.273. The van der Waals surface area contributed by atoms with Crippen molar-refractivity contribution < 1.29 is 14.9 Å². The standard InChI is InChI=1S/C15H19ClN2O3/c1-11(18(6-8-19)7-9-20)21-15-4-5-17-14-10-12(16)2-3-13(14)15/h2-5,10-11,19-20H,6-9H2,1H3. The van der Waals surface area contributed by atoms with Gasteiger partial charge in [0.25, 0.3) is 0 Å². The average molecular weight is 311 g/mol. The van der Waals surface area contributed by atoms with Crippen LogP contribution in [-0.2, 0) is 0 Å². The predicted molar refractivity (Wildman–Crippen MR) is 82.6 cm³/mol. The molecule has 0 aliphatic heterocycles. The number of benzene rings is 1. The van der Waals surface area contributed by atoms with E-state index in [-0.39, 0.29) is 19.4 Å². The lowest BCUT2D eigenvalue weighted by Crippen LogP contribution is -2.41. The molecule has 5 nitrogen and oxygen atoms in total. The number of ether oxygens (including phenoxy) is 1. The summed E-state index contributed by atoms with van der Waals surface area (Å²) in [6.07, 6.45) is 1.40. The third kappa shape index (κ3) is 4.04. The van der Waals surface area contributed by atoms with Crippen molar-refractivity contribution in [2.45, 2.75) is 13.2 Å². The summed E-state index contributed by atoms with van der Waals surface area (Å²) >= 11 is 5.97. The van der Waals surface area contributed by atoms with Crippen molar-refractivity contribution in [2.75, 3.05) is 26.3 Å². The van der Waals surface area contributed by atoms with Gasteiger partial charge in [0, 0.05) is 29.7 Å². The number of halogens is 1. The number of nitrogens with zero attached hydrogens (tertiary/aromatic N) is 2. The molecular weight excluding hydrogens is 292 g/mol. The first-order chi connectivity index (χ1) is 10.2. The van der Waals surface area contributed by atoms with Crippen LogP contribution in [0.15, 0.2) is 30.5 Å². The Labute approximate surface area is 128 Å². The molecule has 1 heterocycles. The third-order valence-electron chi connectivity index (χ3n) is 3.25. The molecule has 0 aliphatic rings. The lowest BCUT2D eigenvalue weighted by molar-refractivity contribution is 0.0178. The first-order valence-electron chi connectivity index (χ1n) is 6.82. The van der Waals surface area contributed by atoms with Crippen LogP contribution in [0.1, 0.15) is 6.92 Å². The molecule has 6 heteroatoms. The Morgan fingerprint density at radius 3 is 2.62 bits per heavy atom. The summed E-state index contributed by atoms with van der Waals surface area (Å²) in [5.74, 6) is 0.699. The van der Waals surface area contributed by atoms with E-state index in [1.165, 1.54) is 0 Å². The molecule has 0 bridgehead atoms. The van der Waals surface area contributed by atoms with E-state index in [1.54, 1.807) is 24.4 Å². The number of aromatic nitrogens is 1. The highest BCUT2D eigenvalue weighted by Gasteiger charge is 2.15. The molecule has 114 valence electrons. The van der Waals surface area contributed by atoms with Crippen molar-refractivity contribution in [3.8, 4) is 5.75 Å². The van der Waals surface area contributed by atoms with Crippen molar-refractivity contribution in [1.82, 2.24) is 9.88 Å². The molecule has 1 atom stereocenters. The maximum Gasteiger partial charge on any atom is 0.150 e. The number of aliphatic hydroxyl groups excluding tert-OH is 2. The van der Waals surface area contributed by atoms with Gasteiger partial charge in [0.2, 0.25) is 0 Å². The molecule has 1 aromatic heterocycles. The highest BCUT2D eigenvalue weighted by Crippen LogP contribution is 2.27. The molecule has 0 saturated heterocycles. The summed E-state index contributed by atoms with van der Waals surface area (Å²) in [5, 5.41) is 19.7. The van der Waals surface area contributed by atoms with Crippen molar-refractivity contribution in [3.63, 3.8) is 0 Å². The smallest absolute Gasteiger partial charge is 0.150 e. The Balaban J connectivity index is 2.22. The van der Waals surface area contributed by atoms with Gasteiger partial charge in [-0.15, -0.1) is 0 Å². The summed E-state index contributed by atoms with van der Waals surface area (Å²) in [5.41, 5.74) is 0.767. The number of hydrogen-bond acceptors (Lipinski definition) is 5. The van der Waals surface area contributed by atoms with Gasteiger partial charge >= 0.3 is 0 Å². The molecule has 0 aliphatic carbocycles. The number of pyridine rings is 1. The second-order valence-electron chi connectivity index (χ2n) is 4.67. The number of rotatable bonds is 7. The van der Waals surface area contributed by atoms with Crippen LogP contribution in [0.3, 0.4) is 0 Å². The lowest BCUT2D eigenvalue weighted by Gasteiger charge is -2.28. The van der Waals surface area contributed by atoms with Gasteiger partial charge in [0.1, 0.15) is 12.0 Å². The second-order valence-corrected chi connectivity index (χ2v) is 5.11. The zero-order valence-electron chi connectivity index (χ0n) is 11.9. The molecule has 0 radical (unpaired) electrons. The maximum absolute atomic E-state index is 9.08. The zero-order valence-corrected chi connectivity index (χ0v) is 12.6. The molecule has 0 saturated carbocycles. The number of hydrogen-bond donors (Lipinski definition) is 2. The molecule has 21 heavy (non-hydrogen) atoms. The van der Waals surface area contributed by atoms with Gasteiger partial charge in [0.15, 0.2) is 0 Å². The molecule has 2 N–H and O–H groups in total. The van der Waals surface area contributed by atoms with Crippen LogP contribution in [0.5, 0.6) is 5.75 Å². The Kier molecular flexibility index (Phi) is 5.76. The Hall–Kier alpha value is -1.40. The van der Waals surface area contributed by atoms with Gasteiger partial charge < -0.3 is 14.9 Å². The quantitative estimate of drug-likeness (QED) is 0.765. The largest absolute Gasteiger partial charge is 0.475 e. The van der Waals surface area contributed by atoms with Gasteiger partial charge in [-0.1, -0.05) is 11.6 Å². The Morgan fingerprint density at radius 1 is 1.24 bits per heavy atom. The van der Waals surface area contributed by atoms with E-state index >= 15 is 0 Å². The summed E-state index contributed by atoms with van der Waals surface area (Å²) in [6.45, 7) is 2.79. The van der Waals surface area contributed by atoms with E-state index in [1.807, 2.05) is 17.9 Å². The zero-order chi connectivity index (χ0) is 15.2. The van der Waals surface area contributed by atoms with Crippen LogP contribution in [-0.4, -0.2) is 52.6 Å². The summed E-state index contributed by atoms with van der Waals surface area (Å²) in [4.78, 5) is 6.13. The molecule has 0 amide bonds. The number of aliphatic hydroxyl groups is 2. The van der Waals surface area contributed by atoms with Gasteiger partial charge in [-0.05, 0) is 31.2 Å². The third-order valence-corrected chi connectivity index (χ3v) is 3.49. The van der Waals surface area contributed by atoms with Crippen LogP contribution >= 0.6 is 11.6 Å². The fourth-order valence-electron chi connectivity index (χ4n) is 2.19.